The molecule has 10 heteroatoms. The lowest BCUT2D eigenvalue weighted by molar-refractivity contribution is 0.862. The number of aryl methyl sites for hydroxylation is 1. The molecular formula is C21H15ClN8S. The Morgan fingerprint density at radius 1 is 1.00 bits per heavy atom. The molecule has 0 bridgehead atoms. The van der Waals surface area contributed by atoms with Crippen molar-refractivity contribution in [2.45, 2.75) is 6.92 Å². The van der Waals surface area contributed by atoms with Gasteiger partial charge in [-0.15, -0.1) is 11.3 Å². The molecule has 0 saturated carbocycles. The fourth-order valence-electron chi connectivity index (χ4n) is 3.63. The number of hydrogen-bond acceptors (Lipinski definition) is 6. The summed E-state index contributed by atoms with van der Waals surface area (Å²) in [6.45, 7) is 1.96. The molecule has 0 amide bonds. The van der Waals surface area contributed by atoms with Gasteiger partial charge in [-0.1, -0.05) is 11.6 Å². The van der Waals surface area contributed by atoms with E-state index in [0.29, 0.717) is 11.5 Å². The SMILES string of the molecule is Cc1ncc(-c2ccc3[nH]nc(-c4nc5c(-c6ccc(Cl)s6)cncc5[nH]4)c3n2)n1C. The standard InChI is InChI=1S/C21H15ClN8S/c1-10-24-9-15(30(10)2)12-3-4-13-19(25-12)20(29-28-13)21-26-14-8-23-7-11(18(14)27-21)16-5-6-17(22)31-16/h3-9H,1-2H3,(H,26,27)(H,28,29). The van der Waals surface area contributed by atoms with Crippen molar-refractivity contribution < 1.29 is 0 Å². The van der Waals surface area contributed by atoms with Crippen LogP contribution in [-0.2, 0) is 7.05 Å². The highest BCUT2D eigenvalue weighted by Crippen LogP contribution is 2.35. The molecular weight excluding hydrogens is 432 g/mol. The molecule has 6 aromatic rings. The largest absolute Gasteiger partial charge is 0.335 e. The van der Waals surface area contributed by atoms with E-state index in [4.69, 9.17) is 21.6 Å². The summed E-state index contributed by atoms with van der Waals surface area (Å²) in [6.07, 6.45) is 5.39. The number of aromatic amines is 2. The van der Waals surface area contributed by atoms with Crippen LogP contribution in [0.3, 0.4) is 0 Å². The first-order valence-electron chi connectivity index (χ1n) is 9.52. The molecule has 0 aliphatic carbocycles. The molecule has 0 aliphatic rings. The normalized spacial score (nSPS) is 11.7. The number of nitrogens with one attached hydrogen (secondary N) is 2. The molecule has 8 nitrogen and oxygen atoms in total. The summed E-state index contributed by atoms with van der Waals surface area (Å²) in [5, 5.41) is 7.54. The van der Waals surface area contributed by atoms with Gasteiger partial charge in [0.2, 0.25) is 0 Å². The third-order valence-electron chi connectivity index (χ3n) is 5.35. The Balaban J connectivity index is 1.52. The smallest absolute Gasteiger partial charge is 0.161 e. The number of rotatable bonds is 3. The zero-order chi connectivity index (χ0) is 21.1. The number of H-pyrrole nitrogens is 2. The van der Waals surface area contributed by atoms with E-state index in [2.05, 4.69) is 25.1 Å². The van der Waals surface area contributed by atoms with Crippen LogP contribution in [0.1, 0.15) is 5.82 Å². The Morgan fingerprint density at radius 2 is 1.90 bits per heavy atom. The first-order valence-corrected chi connectivity index (χ1v) is 10.7. The third-order valence-corrected chi connectivity index (χ3v) is 6.61. The Kier molecular flexibility index (Phi) is 3.95. The van der Waals surface area contributed by atoms with Crippen molar-refractivity contribution in [3.63, 3.8) is 0 Å². The molecule has 0 aliphatic heterocycles. The number of hydrogen-bond donors (Lipinski definition) is 2. The van der Waals surface area contributed by atoms with Gasteiger partial charge in [-0.2, -0.15) is 5.10 Å². The maximum absolute atomic E-state index is 6.13. The highest BCUT2D eigenvalue weighted by Gasteiger charge is 2.18. The predicted octanol–water partition coefficient (Wildman–Crippen LogP) is 4.99. The van der Waals surface area contributed by atoms with Gasteiger partial charge in [0.1, 0.15) is 16.9 Å². The van der Waals surface area contributed by atoms with Crippen LogP contribution in [0, 0.1) is 6.92 Å². The van der Waals surface area contributed by atoms with Crippen LogP contribution in [0.15, 0.2) is 42.9 Å². The van der Waals surface area contributed by atoms with E-state index in [1.807, 2.05) is 49.0 Å². The quantitative estimate of drug-likeness (QED) is 0.399. The molecule has 6 heterocycles. The summed E-state index contributed by atoms with van der Waals surface area (Å²) in [6, 6.07) is 7.79. The summed E-state index contributed by atoms with van der Waals surface area (Å²) in [7, 11) is 1.98. The number of pyridine rings is 2. The maximum atomic E-state index is 6.13. The van der Waals surface area contributed by atoms with Gasteiger partial charge in [-0.3, -0.25) is 10.1 Å². The highest BCUT2D eigenvalue weighted by molar-refractivity contribution is 7.19. The number of halogens is 1. The minimum absolute atomic E-state index is 0.629. The first kappa shape index (κ1) is 18.2. The zero-order valence-electron chi connectivity index (χ0n) is 16.5. The Morgan fingerprint density at radius 3 is 2.68 bits per heavy atom. The van der Waals surface area contributed by atoms with Crippen LogP contribution in [0.4, 0.5) is 0 Å². The van der Waals surface area contributed by atoms with E-state index < -0.39 is 0 Å². The second-order valence-electron chi connectivity index (χ2n) is 7.19. The summed E-state index contributed by atoms with van der Waals surface area (Å²) in [5.41, 5.74) is 6.57. The second kappa shape index (κ2) is 6.73. The van der Waals surface area contributed by atoms with E-state index in [1.165, 1.54) is 11.3 Å². The molecule has 6 rings (SSSR count). The molecule has 152 valence electrons. The zero-order valence-corrected chi connectivity index (χ0v) is 18.1. The summed E-state index contributed by atoms with van der Waals surface area (Å²) in [5.74, 6) is 1.55. The lowest BCUT2D eigenvalue weighted by Crippen LogP contribution is -1.96. The summed E-state index contributed by atoms with van der Waals surface area (Å²) < 4.78 is 2.74. The molecule has 0 spiro atoms. The van der Waals surface area contributed by atoms with Crippen molar-refractivity contribution in [2.75, 3.05) is 0 Å². The van der Waals surface area contributed by atoms with Crippen LogP contribution in [0.5, 0.6) is 0 Å². The molecule has 0 fully saturated rings. The number of nitrogens with zero attached hydrogens (tertiary/aromatic N) is 6. The molecule has 0 aromatic carbocycles. The monoisotopic (exact) mass is 446 g/mol. The molecule has 6 aromatic heterocycles. The molecule has 0 unspecified atom stereocenters. The number of aromatic nitrogens is 8. The van der Waals surface area contributed by atoms with Gasteiger partial charge >= 0.3 is 0 Å². The van der Waals surface area contributed by atoms with Crippen LogP contribution in [0.2, 0.25) is 4.34 Å². The van der Waals surface area contributed by atoms with Gasteiger partial charge in [0, 0.05) is 23.7 Å². The van der Waals surface area contributed by atoms with Crippen LogP contribution < -0.4 is 0 Å². The average Bonchev–Trinajstić information content (AvgIpc) is 3.54. The van der Waals surface area contributed by atoms with E-state index >= 15 is 0 Å². The Hall–Kier alpha value is -3.56. The minimum Gasteiger partial charge on any atom is -0.335 e. The van der Waals surface area contributed by atoms with Crippen LogP contribution >= 0.6 is 22.9 Å². The molecule has 2 N–H and O–H groups in total. The summed E-state index contributed by atoms with van der Waals surface area (Å²) in [4.78, 5) is 22.8. The number of imidazole rings is 2. The first-order chi connectivity index (χ1) is 15.1. The molecule has 0 atom stereocenters. The lowest BCUT2D eigenvalue weighted by Gasteiger charge is -2.03. The van der Waals surface area contributed by atoms with Gasteiger partial charge < -0.3 is 9.55 Å². The molecule has 0 saturated heterocycles. The fraction of sp³-hybridized carbons (Fsp3) is 0.0952. The highest BCUT2D eigenvalue weighted by atomic mass is 35.5. The Bertz CT molecular complexity index is 1590. The second-order valence-corrected chi connectivity index (χ2v) is 8.90. The van der Waals surface area contributed by atoms with Crippen molar-refractivity contribution >= 4 is 45.0 Å². The van der Waals surface area contributed by atoms with Gasteiger partial charge in [0.05, 0.1) is 39.2 Å². The van der Waals surface area contributed by atoms with Crippen molar-refractivity contribution in [3.05, 3.63) is 53.0 Å². The van der Waals surface area contributed by atoms with Gasteiger partial charge in [0.25, 0.3) is 0 Å². The predicted molar refractivity (Wildman–Crippen MR) is 122 cm³/mol. The summed E-state index contributed by atoms with van der Waals surface area (Å²) >= 11 is 7.63. The fourth-order valence-corrected chi connectivity index (χ4v) is 4.69. The number of thiophene rings is 1. The van der Waals surface area contributed by atoms with Crippen LogP contribution in [-0.4, -0.2) is 39.7 Å². The van der Waals surface area contributed by atoms with Crippen molar-refractivity contribution in [1.29, 1.82) is 0 Å². The van der Waals surface area contributed by atoms with E-state index in [-0.39, 0.29) is 0 Å². The van der Waals surface area contributed by atoms with Crippen molar-refractivity contribution in [3.8, 4) is 33.3 Å². The Labute approximate surface area is 185 Å². The van der Waals surface area contributed by atoms with Crippen LogP contribution in [0.25, 0.3) is 55.4 Å². The van der Waals surface area contributed by atoms with Crippen molar-refractivity contribution in [1.82, 2.24) is 39.7 Å². The lowest BCUT2D eigenvalue weighted by atomic mass is 10.2. The van der Waals surface area contributed by atoms with Gasteiger partial charge in [-0.05, 0) is 31.2 Å². The maximum Gasteiger partial charge on any atom is 0.161 e. The minimum atomic E-state index is 0.629. The van der Waals surface area contributed by atoms with E-state index in [1.54, 1.807) is 12.4 Å². The topological polar surface area (TPSA) is 101 Å². The van der Waals surface area contributed by atoms with Crippen molar-refractivity contribution in [2.24, 2.45) is 7.05 Å². The molecule has 0 radical (unpaired) electrons. The van der Waals surface area contributed by atoms with E-state index in [0.717, 1.165) is 54.1 Å². The van der Waals surface area contributed by atoms with Gasteiger partial charge in [-0.25, -0.2) is 15.0 Å². The molecule has 31 heavy (non-hydrogen) atoms. The number of fused-ring (bicyclic) bond motifs is 2. The van der Waals surface area contributed by atoms with E-state index in [9.17, 15) is 0 Å². The third kappa shape index (κ3) is 2.85. The average molecular weight is 447 g/mol. The van der Waals surface area contributed by atoms with Gasteiger partial charge in [0.15, 0.2) is 11.5 Å².